The molecular weight excluding hydrogens is 388 g/mol. The van der Waals surface area contributed by atoms with Crippen molar-refractivity contribution < 1.29 is 13.3 Å². The number of hydrogen-bond acceptors (Lipinski definition) is 4. The molecule has 29 heavy (non-hydrogen) atoms. The van der Waals surface area contributed by atoms with Crippen molar-refractivity contribution in [1.82, 2.24) is 14.1 Å². The van der Waals surface area contributed by atoms with Crippen LogP contribution in [0.1, 0.15) is 11.1 Å². The molecule has 152 valence electrons. The molecule has 1 aliphatic heterocycles. The number of piperazine rings is 1. The van der Waals surface area contributed by atoms with Gasteiger partial charge in [-0.3, -0.25) is 4.79 Å². The molecule has 0 bridgehead atoms. The fourth-order valence-corrected chi connectivity index (χ4v) is 5.57. The molecule has 1 saturated heterocycles. The van der Waals surface area contributed by atoms with Crippen LogP contribution in [-0.2, 0) is 16.7 Å². The first-order chi connectivity index (χ1) is 13.9. The second-order valence-corrected chi connectivity index (χ2v) is 9.51. The van der Waals surface area contributed by atoms with Crippen LogP contribution in [0, 0.1) is 13.8 Å². The van der Waals surface area contributed by atoms with E-state index in [4.69, 9.17) is 0 Å². The summed E-state index contributed by atoms with van der Waals surface area (Å²) in [6, 6.07) is 12.9. The zero-order valence-electron chi connectivity index (χ0n) is 16.6. The number of para-hydroxylation sites is 1. The molecule has 1 aliphatic rings. The molecule has 1 fully saturated rings. The lowest BCUT2D eigenvalue weighted by molar-refractivity contribution is -0.926. The molecule has 8 heteroatoms. The van der Waals surface area contributed by atoms with Crippen molar-refractivity contribution in [2.45, 2.75) is 25.4 Å². The third kappa shape index (κ3) is 3.83. The first-order valence-corrected chi connectivity index (χ1v) is 11.2. The van der Waals surface area contributed by atoms with Gasteiger partial charge in [-0.1, -0.05) is 29.8 Å². The SMILES string of the molecule is Cc1ccc(S(=O)(=O)N2CC[NH+](Cn3ncc(=O)c4ccccc43)CC2)c(C)c1. The van der Waals surface area contributed by atoms with Gasteiger partial charge in [-0.15, -0.1) is 0 Å². The van der Waals surface area contributed by atoms with Crippen molar-refractivity contribution in [2.24, 2.45) is 0 Å². The number of nitrogens with zero attached hydrogens (tertiary/aromatic N) is 3. The molecule has 0 saturated carbocycles. The molecule has 2 heterocycles. The number of rotatable bonds is 4. The maximum atomic E-state index is 13.1. The number of nitrogens with one attached hydrogen (secondary N) is 1. The molecule has 0 atom stereocenters. The average molecular weight is 414 g/mol. The summed E-state index contributed by atoms with van der Waals surface area (Å²) < 4.78 is 29.5. The molecule has 0 unspecified atom stereocenters. The van der Waals surface area contributed by atoms with Gasteiger partial charge in [-0.05, 0) is 37.6 Å². The predicted molar refractivity (Wildman–Crippen MR) is 111 cm³/mol. The predicted octanol–water partition coefficient (Wildman–Crippen LogP) is 0.560. The van der Waals surface area contributed by atoms with Crippen molar-refractivity contribution >= 4 is 20.9 Å². The quantitative estimate of drug-likeness (QED) is 0.678. The van der Waals surface area contributed by atoms with E-state index in [9.17, 15) is 13.2 Å². The topological polar surface area (TPSA) is 76.7 Å². The Hall–Kier alpha value is -2.55. The summed E-state index contributed by atoms with van der Waals surface area (Å²) in [5, 5.41) is 4.94. The zero-order chi connectivity index (χ0) is 20.6. The van der Waals surface area contributed by atoms with Gasteiger partial charge in [0.05, 0.1) is 42.8 Å². The monoisotopic (exact) mass is 413 g/mol. The molecule has 2 aromatic carbocycles. The Morgan fingerprint density at radius 1 is 1.07 bits per heavy atom. The van der Waals surface area contributed by atoms with E-state index >= 15 is 0 Å². The van der Waals surface area contributed by atoms with Crippen LogP contribution in [0.4, 0.5) is 0 Å². The highest BCUT2D eigenvalue weighted by molar-refractivity contribution is 7.89. The van der Waals surface area contributed by atoms with E-state index in [2.05, 4.69) is 5.10 Å². The van der Waals surface area contributed by atoms with Crippen molar-refractivity contribution in [3.8, 4) is 0 Å². The second-order valence-electron chi connectivity index (χ2n) is 7.61. The number of fused-ring (bicyclic) bond motifs is 1. The molecule has 7 nitrogen and oxygen atoms in total. The van der Waals surface area contributed by atoms with Crippen LogP contribution < -0.4 is 10.3 Å². The number of aryl methyl sites for hydroxylation is 2. The number of quaternary nitrogens is 1. The summed E-state index contributed by atoms with van der Waals surface area (Å²) in [6.45, 7) is 6.69. The maximum absolute atomic E-state index is 13.1. The number of benzene rings is 2. The summed E-state index contributed by atoms with van der Waals surface area (Å²) in [5.41, 5.74) is 2.55. The molecule has 0 aliphatic carbocycles. The molecule has 0 amide bonds. The first-order valence-electron chi connectivity index (χ1n) is 9.72. The van der Waals surface area contributed by atoms with E-state index in [1.54, 1.807) is 16.4 Å². The van der Waals surface area contributed by atoms with E-state index in [1.807, 2.05) is 48.9 Å². The summed E-state index contributed by atoms with van der Waals surface area (Å²) in [6.07, 6.45) is 1.35. The van der Waals surface area contributed by atoms with Gasteiger partial charge in [-0.25, -0.2) is 13.1 Å². The van der Waals surface area contributed by atoms with E-state index in [0.29, 0.717) is 43.1 Å². The second kappa shape index (κ2) is 7.70. The third-order valence-corrected chi connectivity index (χ3v) is 7.57. The van der Waals surface area contributed by atoms with E-state index in [-0.39, 0.29) is 5.43 Å². The Labute approximate surface area is 170 Å². The fourth-order valence-electron chi connectivity index (χ4n) is 3.93. The minimum atomic E-state index is -3.49. The summed E-state index contributed by atoms with van der Waals surface area (Å²) >= 11 is 0. The average Bonchev–Trinajstić information content (AvgIpc) is 2.70. The van der Waals surface area contributed by atoms with Gasteiger partial charge in [0.1, 0.15) is 0 Å². The van der Waals surface area contributed by atoms with Crippen LogP contribution in [0.25, 0.3) is 10.9 Å². The van der Waals surface area contributed by atoms with Crippen LogP contribution in [0.5, 0.6) is 0 Å². The highest BCUT2D eigenvalue weighted by atomic mass is 32.2. The Morgan fingerprint density at radius 3 is 2.52 bits per heavy atom. The minimum absolute atomic E-state index is 0.0868. The van der Waals surface area contributed by atoms with Gasteiger partial charge in [0.2, 0.25) is 15.5 Å². The zero-order valence-corrected chi connectivity index (χ0v) is 17.4. The fraction of sp³-hybridized carbons (Fsp3) is 0.333. The number of aromatic nitrogens is 2. The highest BCUT2D eigenvalue weighted by Crippen LogP contribution is 2.21. The smallest absolute Gasteiger partial charge is 0.243 e. The van der Waals surface area contributed by atoms with Gasteiger partial charge in [0, 0.05) is 5.39 Å². The molecule has 3 aromatic rings. The Bertz CT molecular complexity index is 1210. The highest BCUT2D eigenvalue weighted by Gasteiger charge is 2.31. The maximum Gasteiger partial charge on any atom is 0.243 e. The molecule has 1 N–H and O–H groups in total. The molecule has 0 spiro atoms. The van der Waals surface area contributed by atoms with Crippen LogP contribution >= 0.6 is 0 Å². The molecule has 4 rings (SSSR count). The normalized spacial score (nSPS) is 16.3. The van der Waals surface area contributed by atoms with Gasteiger partial charge >= 0.3 is 0 Å². The number of sulfonamides is 1. The Balaban J connectivity index is 1.49. The molecular formula is C21H25N4O3S+. The van der Waals surface area contributed by atoms with Gasteiger partial charge in [0.15, 0.2) is 6.67 Å². The van der Waals surface area contributed by atoms with Crippen LogP contribution in [0.3, 0.4) is 0 Å². The standard InChI is InChI=1S/C21H24N4O3S/c1-16-7-8-21(17(2)13-16)29(27,28)24-11-9-23(10-12-24)15-25-19-6-4-3-5-18(19)20(26)14-22-25/h3-8,13-14H,9-12,15H2,1-2H3/p+1. The van der Waals surface area contributed by atoms with Crippen molar-refractivity contribution in [3.05, 3.63) is 70.0 Å². The summed E-state index contributed by atoms with van der Waals surface area (Å²) in [7, 11) is -3.49. The molecule has 0 radical (unpaired) electrons. The summed E-state index contributed by atoms with van der Waals surface area (Å²) in [5.74, 6) is 0. The largest absolute Gasteiger partial charge is 0.314 e. The first kappa shape index (κ1) is 19.8. The van der Waals surface area contributed by atoms with Crippen LogP contribution in [-0.4, -0.2) is 48.7 Å². The lowest BCUT2D eigenvalue weighted by Crippen LogP contribution is -3.14. The summed E-state index contributed by atoms with van der Waals surface area (Å²) in [4.78, 5) is 13.6. The van der Waals surface area contributed by atoms with E-state index in [1.165, 1.54) is 11.1 Å². The van der Waals surface area contributed by atoms with E-state index in [0.717, 1.165) is 16.6 Å². The Kier molecular flexibility index (Phi) is 5.24. The number of hydrogen-bond donors (Lipinski definition) is 1. The third-order valence-electron chi connectivity index (χ3n) is 5.51. The van der Waals surface area contributed by atoms with Gasteiger partial charge in [-0.2, -0.15) is 9.40 Å². The van der Waals surface area contributed by atoms with E-state index < -0.39 is 10.0 Å². The van der Waals surface area contributed by atoms with Gasteiger partial charge in [0.25, 0.3) is 0 Å². The van der Waals surface area contributed by atoms with Crippen molar-refractivity contribution in [3.63, 3.8) is 0 Å². The molecule has 1 aromatic heterocycles. The van der Waals surface area contributed by atoms with Crippen LogP contribution in [0.2, 0.25) is 0 Å². The van der Waals surface area contributed by atoms with Crippen LogP contribution in [0.15, 0.2) is 58.4 Å². The van der Waals surface area contributed by atoms with Crippen molar-refractivity contribution in [1.29, 1.82) is 0 Å². The Morgan fingerprint density at radius 2 is 1.79 bits per heavy atom. The lowest BCUT2D eigenvalue weighted by Gasteiger charge is -2.32. The lowest BCUT2D eigenvalue weighted by atomic mass is 10.2. The van der Waals surface area contributed by atoms with Crippen molar-refractivity contribution in [2.75, 3.05) is 26.2 Å². The minimum Gasteiger partial charge on any atom is -0.314 e. The van der Waals surface area contributed by atoms with Gasteiger partial charge < -0.3 is 4.90 Å².